The third-order valence-corrected chi connectivity index (χ3v) is 6.69. The SMILES string of the molecule is CC(C)(C)OC(=O)N1CCC2(CCCC2)C(N[S+]([O-])C(C)(C)C)C1. The van der Waals surface area contributed by atoms with Crippen molar-refractivity contribution in [2.75, 3.05) is 13.1 Å². The van der Waals surface area contributed by atoms with Gasteiger partial charge in [-0.1, -0.05) is 12.8 Å². The highest BCUT2D eigenvalue weighted by atomic mass is 32.2. The Morgan fingerprint density at radius 1 is 1.17 bits per heavy atom. The van der Waals surface area contributed by atoms with E-state index in [1.54, 1.807) is 4.90 Å². The number of amides is 1. The fraction of sp³-hybridized carbons (Fsp3) is 0.944. The number of nitrogens with zero attached hydrogens (tertiary/aromatic N) is 1. The fourth-order valence-electron chi connectivity index (χ4n) is 3.68. The van der Waals surface area contributed by atoms with Crippen LogP contribution in [0.1, 0.15) is 73.6 Å². The Labute approximate surface area is 150 Å². The zero-order chi connectivity index (χ0) is 18.2. The number of ether oxygens (including phenoxy) is 1. The van der Waals surface area contributed by atoms with Gasteiger partial charge < -0.3 is 14.2 Å². The molecule has 24 heavy (non-hydrogen) atoms. The number of hydrogen-bond acceptors (Lipinski definition) is 4. The number of carbonyl (C=O) groups excluding carboxylic acids is 1. The molecule has 0 aromatic rings. The van der Waals surface area contributed by atoms with Crippen LogP contribution in [0.5, 0.6) is 0 Å². The number of nitrogens with one attached hydrogen (secondary N) is 1. The summed E-state index contributed by atoms with van der Waals surface area (Å²) in [7, 11) is 0. The van der Waals surface area contributed by atoms with Gasteiger partial charge in [-0.15, -0.1) is 4.72 Å². The Hall–Kier alpha value is -0.460. The predicted octanol–water partition coefficient (Wildman–Crippen LogP) is 3.61. The number of piperidine rings is 1. The molecule has 1 N–H and O–H groups in total. The van der Waals surface area contributed by atoms with E-state index < -0.39 is 17.0 Å². The summed E-state index contributed by atoms with van der Waals surface area (Å²) in [6.07, 6.45) is 5.48. The molecule has 0 aromatic heterocycles. The monoisotopic (exact) mass is 358 g/mol. The third kappa shape index (κ3) is 4.79. The lowest BCUT2D eigenvalue weighted by Crippen LogP contribution is -2.60. The molecule has 0 aromatic carbocycles. The molecule has 6 heteroatoms. The van der Waals surface area contributed by atoms with Crippen LogP contribution in [-0.2, 0) is 16.1 Å². The fourth-order valence-corrected chi connectivity index (χ4v) is 4.61. The topological polar surface area (TPSA) is 64.6 Å². The highest BCUT2D eigenvalue weighted by Gasteiger charge is 2.49. The van der Waals surface area contributed by atoms with Crippen LogP contribution in [0.15, 0.2) is 0 Å². The molecule has 2 aliphatic rings. The molecule has 1 amide bonds. The molecular formula is C18H34N2O3S. The van der Waals surface area contributed by atoms with E-state index >= 15 is 0 Å². The van der Waals surface area contributed by atoms with Crippen LogP contribution < -0.4 is 4.72 Å². The Kier molecular flexibility index (Phi) is 5.83. The van der Waals surface area contributed by atoms with Gasteiger partial charge in [-0.05, 0) is 66.2 Å². The van der Waals surface area contributed by atoms with Crippen LogP contribution in [0.4, 0.5) is 4.79 Å². The van der Waals surface area contributed by atoms with Gasteiger partial charge in [0.05, 0.1) is 6.04 Å². The Balaban J connectivity index is 2.10. The molecule has 0 bridgehead atoms. The minimum Gasteiger partial charge on any atom is -0.598 e. The largest absolute Gasteiger partial charge is 0.598 e. The minimum atomic E-state index is -1.13. The lowest BCUT2D eigenvalue weighted by atomic mass is 9.73. The number of likely N-dealkylation sites (tertiary alicyclic amines) is 1. The van der Waals surface area contributed by atoms with Crippen molar-refractivity contribution in [1.82, 2.24) is 9.62 Å². The second kappa shape index (κ2) is 7.04. The summed E-state index contributed by atoms with van der Waals surface area (Å²) < 4.78 is 21.2. The lowest BCUT2D eigenvalue weighted by molar-refractivity contribution is 0.00366. The quantitative estimate of drug-likeness (QED) is 0.766. The first kappa shape index (κ1) is 19.9. The van der Waals surface area contributed by atoms with E-state index in [1.165, 1.54) is 12.8 Å². The average Bonchev–Trinajstić information content (AvgIpc) is 2.87. The zero-order valence-electron chi connectivity index (χ0n) is 16.1. The van der Waals surface area contributed by atoms with E-state index in [4.69, 9.17) is 4.74 Å². The summed E-state index contributed by atoms with van der Waals surface area (Å²) in [5.41, 5.74) is -0.309. The van der Waals surface area contributed by atoms with Crippen molar-refractivity contribution in [3.05, 3.63) is 0 Å². The van der Waals surface area contributed by atoms with E-state index in [9.17, 15) is 9.35 Å². The first-order valence-electron chi connectivity index (χ1n) is 9.09. The van der Waals surface area contributed by atoms with Crippen LogP contribution in [0, 0.1) is 5.41 Å². The highest BCUT2D eigenvalue weighted by Crippen LogP contribution is 2.47. The number of carbonyl (C=O) groups is 1. The maximum atomic E-state index is 12.6. The minimum absolute atomic E-state index is 0.0707. The molecule has 1 heterocycles. The van der Waals surface area contributed by atoms with Crippen LogP contribution in [0.3, 0.4) is 0 Å². The summed E-state index contributed by atoms with van der Waals surface area (Å²) in [4.78, 5) is 14.2. The van der Waals surface area contributed by atoms with Crippen molar-refractivity contribution in [3.63, 3.8) is 0 Å². The van der Waals surface area contributed by atoms with Crippen LogP contribution in [0.25, 0.3) is 0 Å². The number of rotatable bonds is 2. The second-order valence-electron chi connectivity index (χ2n) is 9.30. The van der Waals surface area contributed by atoms with Gasteiger partial charge in [0.15, 0.2) is 0 Å². The molecule has 0 radical (unpaired) electrons. The maximum absolute atomic E-state index is 12.6. The van der Waals surface area contributed by atoms with E-state index in [2.05, 4.69) is 4.72 Å². The Bertz CT molecular complexity index is 450. The molecule has 1 aliphatic carbocycles. The Morgan fingerprint density at radius 3 is 2.25 bits per heavy atom. The van der Waals surface area contributed by atoms with Crippen molar-refractivity contribution >= 4 is 17.5 Å². The molecular weight excluding hydrogens is 324 g/mol. The van der Waals surface area contributed by atoms with Gasteiger partial charge in [-0.25, -0.2) is 4.79 Å². The second-order valence-corrected chi connectivity index (χ2v) is 11.3. The molecule has 1 saturated carbocycles. The maximum Gasteiger partial charge on any atom is 0.410 e. The molecule has 2 rings (SSSR count). The normalized spacial score (nSPS) is 25.8. The van der Waals surface area contributed by atoms with Crippen molar-refractivity contribution in [2.24, 2.45) is 5.41 Å². The molecule has 2 unspecified atom stereocenters. The highest BCUT2D eigenvalue weighted by molar-refractivity contribution is 7.90. The molecule has 2 fully saturated rings. The van der Waals surface area contributed by atoms with Crippen molar-refractivity contribution in [1.29, 1.82) is 0 Å². The van der Waals surface area contributed by atoms with Gasteiger partial charge in [-0.3, -0.25) is 0 Å². The Morgan fingerprint density at radius 2 is 1.75 bits per heavy atom. The first-order valence-corrected chi connectivity index (χ1v) is 10.2. The number of hydrogen-bond donors (Lipinski definition) is 1. The van der Waals surface area contributed by atoms with E-state index in [0.717, 1.165) is 25.8 Å². The molecule has 2 atom stereocenters. The first-order chi connectivity index (χ1) is 10.9. The summed E-state index contributed by atoms with van der Waals surface area (Å²) in [5, 5.41) is 0. The standard InChI is InChI=1S/C18H34N2O3S/c1-16(2,3)23-15(21)20-12-11-18(9-7-8-10-18)14(13-20)19-24(22)17(4,5)6/h14,19H,7-13H2,1-6H3. The third-order valence-electron chi connectivity index (χ3n) is 5.08. The summed E-state index contributed by atoms with van der Waals surface area (Å²) in [6.45, 7) is 12.9. The van der Waals surface area contributed by atoms with Crippen LogP contribution in [0.2, 0.25) is 0 Å². The molecule has 1 saturated heterocycles. The molecule has 5 nitrogen and oxygen atoms in total. The average molecular weight is 359 g/mol. The van der Waals surface area contributed by atoms with Gasteiger partial charge in [0, 0.05) is 24.5 Å². The van der Waals surface area contributed by atoms with E-state index in [0.29, 0.717) is 6.54 Å². The lowest BCUT2D eigenvalue weighted by Gasteiger charge is -2.46. The summed E-state index contributed by atoms with van der Waals surface area (Å²) in [6, 6.07) is 0.0707. The van der Waals surface area contributed by atoms with Crippen molar-refractivity contribution < 1.29 is 14.1 Å². The predicted molar refractivity (Wildman–Crippen MR) is 98.1 cm³/mol. The molecule has 1 aliphatic heterocycles. The van der Waals surface area contributed by atoms with Gasteiger partial charge >= 0.3 is 6.09 Å². The van der Waals surface area contributed by atoms with E-state index in [-0.39, 0.29) is 22.3 Å². The zero-order valence-corrected chi connectivity index (χ0v) is 16.9. The molecule has 140 valence electrons. The summed E-state index contributed by atoms with van der Waals surface area (Å²) in [5.74, 6) is 0. The smallest absolute Gasteiger partial charge is 0.410 e. The van der Waals surface area contributed by atoms with Crippen LogP contribution in [-0.4, -0.2) is 45.0 Å². The van der Waals surface area contributed by atoms with Gasteiger partial charge in [0.25, 0.3) is 0 Å². The molecule has 1 spiro atoms. The van der Waals surface area contributed by atoms with Crippen LogP contribution >= 0.6 is 0 Å². The van der Waals surface area contributed by atoms with E-state index in [1.807, 2.05) is 41.5 Å². The summed E-state index contributed by atoms with van der Waals surface area (Å²) >= 11 is -1.13. The van der Waals surface area contributed by atoms with Crippen molar-refractivity contribution in [3.8, 4) is 0 Å². The van der Waals surface area contributed by atoms with Gasteiger partial charge in [0.1, 0.15) is 10.3 Å². The van der Waals surface area contributed by atoms with Crippen molar-refractivity contribution in [2.45, 2.75) is 90.0 Å². The van der Waals surface area contributed by atoms with Gasteiger partial charge in [0.2, 0.25) is 0 Å². The van der Waals surface area contributed by atoms with Gasteiger partial charge in [-0.2, -0.15) is 0 Å².